The normalized spacial score (nSPS) is 12.0. The van der Waals surface area contributed by atoms with Crippen molar-refractivity contribution in [1.82, 2.24) is 4.98 Å². The van der Waals surface area contributed by atoms with Gasteiger partial charge in [0.15, 0.2) is 0 Å². The van der Waals surface area contributed by atoms with E-state index in [4.69, 9.17) is 6.42 Å². The lowest BCUT2D eigenvalue weighted by molar-refractivity contribution is 0.732. The zero-order valence-electron chi connectivity index (χ0n) is 6.62. The molecule has 0 saturated heterocycles. The topological polar surface area (TPSA) is 12.9 Å². The van der Waals surface area contributed by atoms with Crippen LogP contribution in [0.1, 0.15) is 12.6 Å². The number of hydrogen-bond donors (Lipinski definition) is 0. The van der Waals surface area contributed by atoms with Crippen LogP contribution in [0.25, 0.3) is 0 Å². The first kappa shape index (κ1) is 7.81. The first-order valence-electron chi connectivity index (χ1n) is 3.69. The summed E-state index contributed by atoms with van der Waals surface area (Å²) in [7, 11) is 0. The fourth-order valence-corrected chi connectivity index (χ4v) is 0.892. The number of aromatic nitrogens is 1. The van der Waals surface area contributed by atoms with E-state index in [1.54, 1.807) is 6.20 Å². The maximum Gasteiger partial charge on any atom is 0.0415 e. The van der Waals surface area contributed by atoms with E-state index in [1.807, 2.05) is 25.1 Å². The van der Waals surface area contributed by atoms with Crippen molar-refractivity contribution in [2.45, 2.75) is 13.3 Å². The van der Waals surface area contributed by atoms with Gasteiger partial charge in [-0.1, -0.05) is 13.0 Å². The molecule has 0 radical (unpaired) electrons. The minimum atomic E-state index is 0.282. The van der Waals surface area contributed by atoms with Crippen LogP contribution in [0, 0.1) is 18.3 Å². The molecule has 1 unspecified atom stereocenters. The van der Waals surface area contributed by atoms with Gasteiger partial charge >= 0.3 is 0 Å². The maximum atomic E-state index is 5.24. The van der Waals surface area contributed by atoms with Crippen LogP contribution in [-0.4, -0.2) is 4.98 Å². The summed E-state index contributed by atoms with van der Waals surface area (Å²) in [6, 6.07) is 5.88. The molecular weight excluding hydrogens is 134 g/mol. The Balaban J connectivity index is 2.60. The van der Waals surface area contributed by atoms with Crippen LogP contribution in [0.3, 0.4) is 0 Å². The highest BCUT2D eigenvalue weighted by atomic mass is 14.7. The van der Waals surface area contributed by atoms with Crippen LogP contribution in [-0.2, 0) is 6.42 Å². The first-order valence-corrected chi connectivity index (χ1v) is 3.69. The molecule has 0 aliphatic heterocycles. The summed E-state index contributed by atoms with van der Waals surface area (Å²) in [5.74, 6) is 2.96. The third-order valence-electron chi connectivity index (χ3n) is 1.53. The maximum absolute atomic E-state index is 5.24. The molecule has 1 atom stereocenters. The molecule has 0 aliphatic rings. The van der Waals surface area contributed by atoms with E-state index < -0.39 is 0 Å². The van der Waals surface area contributed by atoms with Gasteiger partial charge in [-0.2, -0.15) is 0 Å². The number of pyridine rings is 1. The standard InChI is InChI=1S/C10H11N/c1-3-9(2)8-10-6-4-5-7-11-10/h1,4-7,9H,8H2,2H3. The Bertz CT molecular complexity index is 245. The van der Waals surface area contributed by atoms with Gasteiger partial charge < -0.3 is 0 Å². The van der Waals surface area contributed by atoms with Gasteiger partial charge in [-0.15, -0.1) is 12.3 Å². The van der Waals surface area contributed by atoms with Gasteiger partial charge in [0.05, 0.1) is 0 Å². The molecule has 1 heterocycles. The van der Waals surface area contributed by atoms with Crippen LogP contribution < -0.4 is 0 Å². The minimum Gasteiger partial charge on any atom is -0.261 e. The Morgan fingerprint density at radius 2 is 2.45 bits per heavy atom. The molecule has 1 nitrogen and oxygen atoms in total. The number of rotatable bonds is 2. The molecule has 0 fully saturated rings. The predicted molar refractivity (Wildman–Crippen MR) is 45.9 cm³/mol. The Morgan fingerprint density at radius 3 is 3.00 bits per heavy atom. The minimum absolute atomic E-state index is 0.282. The van der Waals surface area contributed by atoms with E-state index in [0.717, 1.165) is 12.1 Å². The van der Waals surface area contributed by atoms with E-state index in [-0.39, 0.29) is 5.92 Å². The van der Waals surface area contributed by atoms with Crippen LogP contribution in [0.15, 0.2) is 24.4 Å². The van der Waals surface area contributed by atoms with E-state index in [2.05, 4.69) is 10.9 Å². The molecule has 0 spiro atoms. The first-order chi connectivity index (χ1) is 5.33. The van der Waals surface area contributed by atoms with Crippen LogP contribution in [0.5, 0.6) is 0 Å². The molecule has 1 aromatic rings. The van der Waals surface area contributed by atoms with Gasteiger partial charge in [-0.3, -0.25) is 4.98 Å². The lowest BCUT2D eigenvalue weighted by Crippen LogP contribution is -1.97. The molecule has 1 heteroatoms. The molecule has 0 N–H and O–H groups in total. The zero-order valence-corrected chi connectivity index (χ0v) is 6.62. The highest BCUT2D eigenvalue weighted by Gasteiger charge is 1.98. The third kappa shape index (κ3) is 2.43. The Morgan fingerprint density at radius 1 is 1.64 bits per heavy atom. The van der Waals surface area contributed by atoms with E-state index in [1.165, 1.54) is 0 Å². The van der Waals surface area contributed by atoms with Crippen LogP contribution >= 0.6 is 0 Å². The SMILES string of the molecule is C#CC(C)Cc1ccccn1. The van der Waals surface area contributed by atoms with Crippen molar-refractivity contribution >= 4 is 0 Å². The molecule has 0 aromatic carbocycles. The van der Waals surface area contributed by atoms with Gasteiger partial charge in [0.2, 0.25) is 0 Å². The molecule has 0 aliphatic carbocycles. The summed E-state index contributed by atoms with van der Waals surface area (Å²) in [6.07, 6.45) is 7.90. The van der Waals surface area contributed by atoms with E-state index in [0.29, 0.717) is 0 Å². The average Bonchev–Trinajstić information content (AvgIpc) is 2.06. The highest BCUT2D eigenvalue weighted by Crippen LogP contribution is 2.03. The molecular formula is C10H11N. The highest BCUT2D eigenvalue weighted by molar-refractivity contribution is 5.07. The quantitative estimate of drug-likeness (QED) is 0.579. The summed E-state index contributed by atoms with van der Waals surface area (Å²) in [5.41, 5.74) is 1.07. The predicted octanol–water partition coefficient (Wildman–Crippen LogP) is 1.89. The fraction of sp³-hybridized carbons (Fsp3) is 0.300. The van der Waals surface area contributed by atoms with Crippen LogP contribution in [0.4, 0.5) is 0 Å². The number of terminal acetylenes is 1. The van der Waals surface area contributed by atoms with E-state index in [9.17, 15) is 0 Å². The summed E-state index contributed by atoms with van der Waals surface area (Å²) in [4.78, 5) is 4.17. The molecule has 1 rings (SSSR count). The summed E-state index contributed by atoms with van der Waals surface area (Å²) >= 11 is 0. The third-order valence-corrected chi connectivity index (χ3v) is 1.53. The second-order valence-corrected chi connectivity index (χ2v) is 2.59. The number of nitrogens with zero attached hydrogens (tertiary/aromatic N) is 1. The summed E-state index contributed by atoms with van der Waals surface area (Å²) < 4.78 is 0. The summed E-state index contributed by atoms with van der Waals surface area (Å²) in [6.45, 7) is 2.02. The molecule has 0 bridgehead atoms. The monoisotopic (exact) mass is 145 g/mol. The van der Waals surface area contributed by atoms with Crippen molar-refractivity contribution in [3.63, 3.8) is 0 Å². The largest absolute Gasteiger partial charge is 0.261 e. The van der Waals surface area contributed by atoms with Crippen molar-refractivity contribution in [1.29, 1.82) is 0 Å². The summed E-state index contributed by atoms with van der Waals surface area (Å²) in [5, 5.41) is 0. The average molecular weight is 145 g/mol. The zero-order chi connectivity index (χ0) is 8.10. The second-order valence-electron chi connectivity index (χ2n) is 2.59. The van der Waals surface area contributed by atoms with Gasteiger partial charge in [0, 0.05) is 24.2 Å². The fourth-order valence-electron chi connectivity index (χ4n) is 0.892. The smallest absolute Gasteiger partial charge is 0.0415 e. The lowest BCUT2D eigenvalue weighted by atomic mass is 10.1. The van der Waals surface area contributed by atoms with Crippen molar-refractivity contribution in [3.8, 4) is 12.3 Å². The molecule has 0 saturated carbocycles. The van der Waals surface area contributed by atoms with Crippen molar-refractivity contribution < 1.29 is 0 Å². The van der Waals surface area contributed by atoms with Gasteiger partial charge in [0.25, 0.3) is 0 Å². The van der Waals surface area contributed by atoms with Crippen molar-refractivity contribution in [2.75, 3.05) is 0 Å². The lowest BCUT2D eigenvalue weighted by Gasteiger charge is -2.01. The molecule has 11 heavy (non-hydrogen) atoms. The van der Waals surface area contributed by atoms with Crippen molar-refractivity contribution in [2.24, 2.45) is 5.92 Å². The molecule has 56 valence electrons. The second kappa shape index (κ2) is 3.78. The van der Waals surface area contributed by atoms with Crippen molar-refractivity contribution in [3.05, 3.63) is 30.1 Å². The Kier molecular flexibility index (Phi) is 2.68. The van der Waals surface area contributed by atoms with E-state index >= 15 is 0 Å². The van der Waals surface area contributed by atoms with Gasteiger partial charge in [0.1, 0.15) is 0 Å². The number of hydrogen-bond acceptors (Lipinski definition) is 1. The molecule has 1 aromatic heterocycles. The molecule has 0 amide bonds. The van der Waals surface area contributed by atoms with Gasteiger partial charge in [-0.05, 0) is 12.1 Å². The van der Waals surface area contributed by atoms with Gasteiger partial charge in [-0.25, -0.2) is 0 Å². The Hall–Kier alpha value is -1.29. The Labute approximate surface area is 67.5 Å². The van der Waals surface area contributed by atoms with Crippen LogP contribution in [0.2, 0.25) is 0 Å².